The van der Waals surface area contributed by atoms with Crippen LogP contribution in [0.5, 0.6) is 0 Å². The zero-order valence-electron chi connectivity index (χ0n) is 10.4. The molecule has 0 atom stereocenters. The van der Waals surface area contributed by atoms with Crippen LogP contribution in [0.15, 0.2) is 12.1 Å². The number of amides is 1. The molecule has 1 heterocycles. The van der Waals surface area contributed by atoms with E-state index in [1.807, 2.05) is 11.8 Å². The number of carbonyl (C=O) groups is 1. The molecule has 6 heteroatoms. The van der Waals surface area contributed by atoms with E-state index in [2.05, 4.69) is 16.6 Å². The highest BCUT2D eigenvalue weighted by atomic mass is 32.2. The third kappa shape index (κ3) is 2.53. The Hall–Kier alpha value is -1.43. The first-order valence-electron chi connectivity index (χ1n) is 5.92. The van der Waals surface area contributed by atoms with Gasteiger partial charge in [0.2, 0.25) is 0 Å². The summed E-state index contributed by atoms with van der Waals surface area (Å²) in [5.41, 5.74) is 11.8. The molecule has 1 saturated carbocycles. The van der Waals surface area contributed by atoms with Crippen LogP contribution in [-0.2, 0) is 0 Å². The highest BCUT2D eigenvalue weighted by molar-refractivity contribution is 8.00. The minimum absolute atomic E-state index is 0.235. The van der Waals surface area contributed by atoms with Crippen LogP contribution < -0.4 is 16.8 Å². The molecule has 1 aliphatic carbocycles. The van der Waals surface area contributed by atoms with Crippen molar-refractivity contribution >= 4 is 29.2 Å². The number of nitrogens with one attached hydrogen (secondary N) is 1. The molecule has 1 aromatic heterocycles. The third-order valence-corrected chi connectivity index (χ3v) is 4.87. The summed E-state index contributed by atoms with van der Waals surface area (Å²) in [5, 5.41) is 3.24. The topological polar surface area (TPSA) is 94.0 Å². The highest BCUT2D eigenvalue weighted by Gasteiger charge is 2.36. The number of rotatable bonds is 5. The van der Waals surface area contributed by atoms with Crippen molar-refractivity contribution in [3.8, 4) is 0 Å². The molecule has 1 fully saturated rings. The van der Waals surface area contributed by atoms with Gasteiger partial charge in [-0.05, 0) is 31.2 Å². The molecule has 0 bridgehead atoms. The van der Waals surface area contributed by atoms with Crippen molar-refractivity contribution in [2.45, 2.75) is 24.0 Å². The van der Waals surface area contributed by atoms with Gasteiger partial charge in [-0.2, -0.15) is 11.8 Å². The molecule has 1 aliphatic rings. The van der Waals surface area contributed by atoms with Gasteiger partial charge in [0.25, 0.3) is 5.91 Å². The van der Waals surface area contributed by atoms with Gasteiger partial charge >= 0.3 is 0 Å². The maximum Gasteiger partial charge on any atom is 0.267 e. The lowest BCUT2D eigenvalue weighted by molar-refractivity contribution is 0.0996. The SMILES string of the molecule is CSC1(CNc2nc(C(N)=O)ccc2N)CCC1. The number of hydrogen-bond donors (Lipinski definition) is 3. The second-order valence-electron chi connectivity index (χ2n) is 4.59. The van der Waals surface area contributed by atoms with Crippen molar-refractivity contribution in [2.75, 3.05) is 23.9 Å². The Bertz CT molecular complexity index is 454. The summed E-state index contributed by atoms with van der Waals surface area (Å²) >= 11 is 1.87. The molecule has 0 unspecified atom stereocenters. The van der Waals surface area contributed by atoms with Gasteiger partial charge in [0, 0.05) is 11.3 Å². The fourth-order valence-electron chi connectivity index (χ4n) is 2.02. The van der Waals surface area contributed by atoms with Crippen molar-refractivity contribution in [1.82, 2.24) is 4.98 Å². The zero-order chi connectivity index (χ0) is 13.2. The summed E-state index contributed by atoms with van der Waals surface area (Å²) in [6.07, 6.45) is 5.80. The average molecular weight is 266 g/mol. The number of carbonyl (C=O) groups excluding carboxylic acids is 1. The van der Waals surface area contributed by atoms with E-state index in [1.54, 1.807) is 6.07 Å². The van der Waals surface area contributed by atoms with Gasteiger partial charge in [0.05, 0.1) is 5.69 Å². The smallest absolute Gasteiger partial charge is 0.267 e. The Balaban J connectivity index is 2.08. The number of primary amides is 1. The predicted molar refractivity (Wildman–Crippen MR) is 75.8 cm³/mol. The summed E-state index contributed by atoms with van der Waals surface area (Å²) in [6, 6.07) is 3.19. The van der Waals surface area contributed by atoms with Crippen molar-refractivity contribution < 1.29 is 4.79 Å². The third-order valence-electron chi connectivity index (χ3n) is 3.45. The first-order valence-corrected chi connectivity index (χ1v) is 7.14. The van der Waals surface area contributed by atoms with E-state index in [0.717, 1.165) is 6.54 Å². The number of hydrogen-bond acceptors (Lipinski definition) is 5. The average Bonchev–Trinajstić information content (AvgIpc) is 2.30. The summed E-state index contributed by atoms with van der Waals surface area (Å²) < 4.78 is 0.289. The van der Waals surface area contributed by atoms with Crippen molar-refractivity contribution in [3.63, 3.8) is 0 Å². The molecular weight excluding hydrogens is 248 g/mol. The molecule has 0 radical (unpaired) electrons. The number of anilines is 2. The Labute approximate surface area is 111 Å². The van der Waals surface area contributed by atoms with Crippen LogP contribution in [-0.4, -0.2) is 28.4 Å². The second-order valence-corrected chi connectivity index (χ2v) is 5.87. The fraction of sp³-hybridized carbons (Fsp3) is 0.500. The Kier molecular flexibility index (Phi) is 3.65. The molecular formula is C12H18N4OS. The summed E-state index contributed by atoms with van der Waals surface area (Å²) in [7, 11) is 0. The van der Waals surface area contributed by atoms with Crippen molar-refractivity contribution in [1.29, 1.82) is 0 Å². The minimum Gasteiger partial charge on any atom is -0.396 e. The van der Waals surface area contributed by atoms with E-state index in [0.29, 0.717) is 11.5 Å². The Morgan fingerprint density at radius 2 is 2.28 bits per heavy atom. The van der Waals surface area contributed by atoms with Crippen LogP contribution in [0.1, 0.15) is 29.8 Å². The molecule has 0 saturated heterocycles. The largest absolute Gasteiger partial charge is 0.396 e. The van der Waals surface area contributed by atoms with Crippen LogP contribution in [0.3, 0.4) is 0 Å². The lowest BCUT2D eigenvalue weighted by Gasteiger charge is -2.40. The van der Waals surface area contributed by atoms with Crippen LogP contribution >= 0.6 is 11.8 Å². The number of nitrogen functional groups attached to an aromatic ring is 1. The fourth-order valence-corrected chi connectivity index (χ4v) is 2.93. The lowest BCUT2D eigenvalue weighted by Crippen LogP contribution is -2.40. The molecule has 0 spiro atoms. The Morgan fingerprint density at radius 3 is 2.78 bits per heavy atom. The van der Waals surface area contributed by atoms with Crippen molar-refractivity contribution in [2.24, 2.45) is 5.73 Å². The van der Waals surface area contributed by atoms with Crippen LogP contribution in [0.4, 0.5) is 11.5 Å². The van der Waals surface area contributed by atoms with Gasteiger partial charge < -0.3 is 16.8 Å². The van der Waals surface area contributed by atoms with Gasteiger partial charge in [0.1, 0.15) is 11.5 Å². The quantitative estimate of drug-likeness (QED) is 0.750. The molecule has 5 nitrogen and oxygen atoms in total. The lowest BCUT2D eigenvalue weighted by atomic mass is 9.84. The maximum absolute atomic E-state index is 11.1. The second kappa shape index (κ2) is 5.06. The van der Waals surface area contributed by atoms with E-state index in [9.17, 15) is 4.79 Å². The molecule has 2 rings (SSSR count). The molecule has 18 heavy (non-hydrogen) atoms. The first kappa shape index (κ1) is 13.0. The van der Waals surface area contributed by atoms with E-state index in [-0.39, 0.29) is 10.4 Å². The molecule has 1 amide bonds. The van der Waals surface area contributed by atoms with E-state index < -0.39 is 5.91 Å². The van der Waals surface area contributed by atoms with E-state index >= 15 is 0 Å². The van der Waals surface area contributed by atoms with Gasteiger partial charge in [-0.3, -0.25) is 4.79 Å². The monoisotopic (exact) mass is 266 g/mol. The molecule has 0 aromatic carbocycles. The number of pyridine rings is 1. The van der Waals surface area contributed by atoms with Gasteiger partial charge in [-0.1, -0.05) is 6.42 Å². The molecule has 1 aromatic rings. The molecule has 0 aliphatic heterocycles. The van der Waals surface area contributed by atoms with Gasteiger partial charge in [-0.15, -0.1) is 0 Å². The van der Waals surface area contributed by atoms with Gasteiger partial charge in [0.15, 0.2) is 0 Å². The van der Waals surface area contributed by atoms with Crippen molar-refractivity contribution in [3.05, 3.63) is 17.8 Å². The van der Waals surface area contributed by atoms with Crippen LogP contribution in [0.2, 0.25) is 0 Å². The molecule has 5 N–H and O–H groups in total. The van der Waals surface area contributed by atoms with E-state index in [1.165, 1.54) is 25.3 Å². The number of aromatic nitrogens is 1. The molecule has 98 valence electrons. The number of nitrogens with zero attached hydrogens (tertiary/aromatic N) is 1. The van der Waals surface area contributed by atoms with Gasteiger partial charge in [-0.25, -0.2) is 4.98 Å². The number of thioether (sulfide) groups is 1. The summed E-state index contributed by atoms with van der Waals surface area (Å²) in [5.74, 6) is 0.00731. The van der Waals surface area contributed by atoms with E-state index in [4.69, 9.17) is 11.5 Å². The minimum atomic E-state index is -0.540. The first-order chi connectivity index (χ1) is 8.56. The maximum atomic E-state index is 11.1. The van der Waals surface area contributed by atoms with Crippen LogP contribution in [0, 0.1) is 0 Å². The number of nitrogens with two attached hydrogens (primary N) is 2. The summed E-state index contributed by atoms with van der Waals surface area (Å²) in [6.45, 7) is 0.813. The Morgan fingerprint density at radius 1 is 1.56 bits per heavy atom. The normalized spacial score (nSPS) is 16.9. The predicted octanol–water partition coefficient (Wildman–Crippen LogP) is 1.46. The summed E-state index contributed by atoms with van der Waals surface area (Å²) in [4.78, 5) is 15.2. The standard InChI is InChI=1S/C12H18N4OS/c1-18-12(5-2-6-12)7-15-11-8(13)3-4-9(16-11)10(14)17/h3-4H,2,5-7,13H2,1H3,(H2,14,17)(H,15,16). The highest BCUT2D eigenvalue weighted by Crippen LogP contribution is 2.42. The zero-order valence-corrected chi connectivity index (χ0v) is 11.2. The van der Waals surface area contributed by atoms with Crippen LogP contribution in [0.25, 0.3) is 0 Å².